The van der Waals surface area contributed by atoms with Gasteiger partial charge in [-0.2, -0.15) is 4.98 Å². The Bertz CT molecular complexity index is 854. The molecule has 2 fully saturated rings. The summed E-state index contributed by atoms with van der Waals surface area (Å²) in [5.41, 5.74) is 1.62. The van der Waals surface area contributed by atoms with E-state index in [4.69, 9.17) is 14.2 Å². The topological polar surface area (TPSA) is 68.5 Å². The zero-order chi connectivity index (χ0) is 19.7. The Morgan fingerprint density at radius 3 is 2.75 bits per heavy atom. The lowest BCUT2D eigenvalue weighted by molar-refractivity contribution is 0.0616. The lowest BCUT2D eigenvalue weighted by atomic mass is 9.75. The Hall–Kier alpha value is -1.73. The number of carbonyl (C=O) groups is 1. The van der Waals surface area contributed by atoms with E-state index in [1.54, 1.807) is 7.11 Å². The predicted octanol–water partition coefficient (Wildman–Crippen LogP) is 4.23. The number of likely N-dealkylation sites (tertiary alicyclic amines) is 1. The fourth-order valence-corrected chi connectivity index (χ4v) is 4.17. The zero-order valence-electron chi connectivity index (χ0n) is 16.4. The standard InChI is InChI=1S/C21H26BrN3O3/c1-14-13-16(5-6-17(14)22)19(26)25-10-7-21(8-11-25,9-12-27-2)20-23-18(28-24-20)15-3-4-15/h5-6,13,15H,3-4,7-12H2,1-2H3. The third-order valence-electron chi connectivity index (χ3n) is 6.04. The van der Waals surface area contributed by atoms with Gasteiger partial charge in [0.25, 0.3) is 5.91 Å². The van der Waals surface area contributed by atoms with Crippen LogP contribution in [0.25, 0.3) is 0 Å². The fraction of sp³-hybridized carbons (Fsp3) is 0.571. The van der Waals surface area contributed by atoms with E-state index in [9.17, 15) is 4.79 Å². The van der Waals surface area contributed by atoms with Crippen LogP contribution in [0.1, 0.15) is 65.7 Å². The van der Waals surface area contributed by atoms with Crippen molar-refractivity contribution in [2.24, 2.45) is 0 Å². The molecular weight excluding hydrogens is 422 g/mol. The maximum Gasteiger partial charge on any atom is 0.253 e. The smallest absolute Gasteiger partial charge is 0.253 e. The summed E-state index contributed by atoms with van der Waals surface area (Å²) in [5.74, 6) is 2.10. The molecule has 1 amide bonds. The molecule has 0 atom stereocenters. The molecule has 0 unspecified atom stereocenters. The summed E-state index contributed by atoms with van der Waals surface area (Å²) in [5, 5.41) is 4.33. The quantitative estimate of drug-likeness (QED) is 0.662. The number of hydrogen-bond acceptors (Lipinski definition) is 5. The number of carbonyl (C=O) groups excluding carboxylic acids is 1. The van der Waals surface area contributed by atoms with Crippen molar-refractivity contribution < 1.29 is 14.1 Å². The first kappa shape index (κ1) is 19.6. The van der Waals surface area contributed by atoms with Gasteiger partial charge in [0.2, 0.25) is 5.89 Å². The van der Waals surface area contributed by atoms with Crippen LogP contribution in [0.4, 0.5) is 0 Å². The summed E-state index contributed by atoms with van der Waals surface area (Å²) in [7, 11) is 1.72. The van der Waals surface area contributed by atoms with Crippen LogP contribution in [0, 0.1) is 6.92 Å². The maximum atomic E-state index is 13.0. The molecule has 28 heavy (non-hydrogen) atoms. The number of aromatic nitrogens is 2. The molecule has 0 spiro atoms. The van der Waals surface area contributed by atoms with E-state index in [0.717, 1.165) is 59.4 Å². The van der Waals surface area contributed by atoms with Gasteiger partial charge >= 0.3 is 0 Å². The summed E-state index contributed by atoms with van der Waals surface area (Å²) in [6, 6.07) is 5.77. The Labute approximate surface area is 173 Å². The number of nitrogens with zero attached hydrogens (tertiary/aromatic N) is 3. The lowest BCUT2D eigenvalue weighted by Gasteiger charge is -2.39. The van der Waals surface area contributed by atoms with Crippen LogP contribution >= 0.6 is 15.9 Å². The molecule has 2 aliphatic rings. The van der Waals surface area contributed by atoms with Crippen molar-refractivity contribution in [3.63, 3.8) is 0 Å². The van der Waals surface area contributed by atoms with E-state index in [0.29, 0.717) is 25.6 Å². The number of aryl methyl sites for hydroxylation is 1. The lowest BCUT2D eigenvalue weighted by Crippen LogP contribution is -2.46. The van der Waals surface area contributed by atoms with Gasteiger partial charge in [0, 0.05) is 48.2 Å². The molecule has 1 aliphatic heterocycles. The molecule has 4 rings (SSSR count). The molecule has 0 N–H and O–H groups in total. The summed E-state index contributed by atoms with van der Waals surface area (Å²) in [6.45, 7) is 4.02. The molecule has 2 heterocycles. The number of benzene rings is 1. The van der Waals surface area contributed by atoms with Crippen LogP contribution in [0.3, 0.4) is 0 Å². The maximum absolute atomic E-state index is 13.0. The minimum absolute atomic E-state index is 0.0859. The van der Waals surface area contributed by atoms with E-state index >= 15 is 0 Å². The van der Waals surface area contributed by atoms with E-state index in [-0.39, 0.29) is 11.3 Å². The number of hydrogen-bond donors (Lipinski definition) is 0. The minimum Gasteiger partial charge on any atom is -0.385 e. The number of piperidine rings is 1. The van der Waals surface area contributed by atoms with Gasteiger partial charge in [-0.05, 0) is 62.8 Å². The molecule has 1 saturated heterocycles. The predicted molar refractivity (Wildman–Crippen MR) is 108 cm³/mol. The van der Waals surface area contributed by atoms with E-state index < -0.39 is 0 Å². The monoisotopic (exact) mass is 447 g/mol. The molecule has 0 bridgehead atoms. The summed E-state index contributed by atoms with van der Waals surface area (Å²) in [6.07, 6.45) is 4.76. The Kier molecular flexibility index (Phi) is 5.56. The molecule has 150 valence electrons. The van der Waals surface area contributed by atoms with Crippen molar-refractivity contribution in [1.29, 1.82) is 0 Å². The second-order valence-electron chi connectivity index (χ2n) is 8.01. The number of halogens is 1. The Morgan fingerprint density at radius 1 is 1.36 bits per heavy atom. The minimum atomic E-state index is -0.181. The highest BCUT2D eigenvalue weighted by Gasteiger charge is 2.42. The zero-order valence-corrected chi connectivity index (χ0v) is 18.0. The number of rotatable bonds is 6. The largest absolute Gasteiger partial charge is 0.385 e. The van der Waals surface area contributed by atoms with E-state index in [1.807, 2.05) is 30.0 Å². The number of ether oxygens (including phenoxy) is 1. The highest BCUT2D eigenvalue weighted by Crippen LogP contribution is 2.42. The third kappa shape index (κ3) is 3.87. The first-order valence-electron chi connectivity index (χ1n) is 9.91. The van der Waals surface area contributed by atoms with Crippen LogP contribution < -0.4 is 0 Å². The normalized spacial score (nSPS) is 19.0. The van der Waals surface area contributed by atoms with E-state index in [2.05, 4.69) is 21.1 Å². The van der Waals surface area contributed by atoms with Crippen molar-refractivity contribution in [3.05, 3.63) is 45.5 Å². The van der Waals surface area contributed by atoms with E-state index in [1.165, 1.54) is 0 Å². The summed E-state index contributed by atoms with van der Waals surface area (Å²) in [4.78, 5) is 19.6. The van der Waals surface area contributed by atoms with Gasteiger partial charge in [-0.25, -0.2) is 0 Å². The molecule has 1 aromatic heterocycles. The summed E-state index contributed by atoms with van der Waals surface area (Å²) < 4.78 is 11.9. The van der Waals surface area contributed by atoms with Crippen molar-refractivity contribution in [2.45, 2.75) is 50.4 Å². The van der Waals surface area contributed by atoms with Crippen LogP contribution in [0.5, 0.6) is 0 Å². The Balaban J connectivity index is 1.49. The second-order valence-corrected chi connectivity index (χ2v) is 8.86. The fourth-order valence-electron chi connectivity index (χ4n) is 3.93. The van der Waals surface area contributed by atoms with Crippen molar-refractivity contribution in [2.75, 3.05) is 26.8 Å². The summed E-state index contributed by atoms with van der Waals surface area (Å²) >= 11 is 3.50. The van der Waals surface area contributed by atoms with Crippen molar-refractivity contribution in [3.8, 4) is 0 Å². The van der Waals surface area contributed by atoms with Gasteiger partial charge < -0.3 is 14.2 Å². The molecule has 1 aromatic carbocycles. The van der Waals surface area contributed by atoms with Gasteiger partial charge in [0.1, 0.15) is 0 Å². The van der Waals surface area contributed by atoms with Crippen LogP contribution in [-0.4, -0.2) is 47.8 Å². The third-order valence-corrected chi connectivity index (χ3v) is 6.93. The van der Waals surface area contributed by atoms with Gasteiger partial charge in [0.15, 0.2) is 5.82 Å². The molecular formula is C21H26BrN3O3. The van der Waals surface area contributed by atoms with Gasteiger partial charge in [-0.1, -0.05) is 21.1 Å². The van der Waals surface area contributed by atoms with Crippen molar-refractivity contribution >= 4 is 21.8 Å². The second kappa shape index (κ2) is 7.95. The van der Waals surface area contributed by atoms with Gasteiger partial charge in [-0.3, -0.25) is 4.79 Å². The SMILES string of the molecule is COCCC1(c2noc(C3CC3)n2)CCN(C(=O)c2ccc(Br)c(C)c2)CC1. The van der Waals surface area contributed by atoms with Crippen LogP contribution in [0.2, 0.25) is 0 Å². The van der Waals surface area contributed by atoms with Gasteiger partial charge in [0.05, 0.1) is 0 Å². The molecule has 1 saturated carbocycles. The first-order valence-corrected chi connectivity index (χ1v) is 10.7. The number of amides is 1. The molecule has 6 nitrogen and oxygen atoms in total. The molecule has 1 aliphatic carbocycles. The molecule has 0 radical (unpaired) electrons. The average Bonchev–Trinajstić information content (AvgIpc) is 3.44. The Morgan fingerprint density at radius 2 is 2.11 bits per heavy atom. The average molecular weight is 448 g/mol. The van der Waals surface area contributed by atoms with Crippen LogP contribution in [-0.2, 0) is 10.2 Å². The van der Waals surface area contributed by atoms with Gasteiger partial charge in [-0.15, -0.1) is 0 Å². The van der Waals surface area contributed by atoms with Crippen molar-refractivity contribution in [1.82, 2.24) is 15.0 Å². The highest BCUT2D eigenvalue weighted by atomic mass is 79.9. The molecule has 7 heteroatoms. The number of methoxy groups -OCH3 is 1. The van der Waals surface area contributed by atoms with Crippen LogP contribution in [0.15, 0.2) is 27.2 Å². The molecule has 2 aromatic rings. The highest BCUT2D eigenvalue weighted by molar-refractivity contribution is 9.10. The first-order chi connectivity index (χ1) is 13.5.